The maximum Gasteiger partial charge on any atom is 0.387 e. The van der Waals surface area contributed by atoms with Crippen LogP contribution in [0.4, 0.5) is 8.78 Å². The Morgan fingerprint density at radius 2 is 1.88 bits per heavy atom. The number of amides is 1. The van der Waals surface area contributed by atoms with E-state index in [9.17, 15) is 18.4 Å². The summed E-state index contributed by atoms with van der Waals surface area (Å²) in [6.45, 7) is -2.87. The molecule has 2 N–H and O–H groups in total. The molecular formula is C18H17F2NO4S. The molecule has 1 aliphatic rings. The van der Waals surface area contributed by atoms with Crippen LogP contribution < -0.4 is 10.1 Å². The number of hydrogen-bond donors (Lipinski definition) is 2. The van der Waals surface area contributed by atoms with E-state index in [-0.39, 0.29) is 18.1 Å². The molecule has 26 heavy (non-hydrogen) atoms. The van der Waals surface area contributed by atoms with E-state index in [2.05, 4.69) is 10.1 Å². The lowest BCUT2D eigenvalue weighted by atomic mass is 9.74. The summed E-state index contributed by atoms with van der Waals surface area (Å²) in [7, 11) is 0. The zero-order chi connectivity index (χ0) is 18.7. The van der Waals surface area contributed by atoms with Crippen LogP contribution in [0.25, 0.3) is 10.4 Å². The predicted molar refractivity (Wildman–Crippen MR) is 92.7 cm³/mol. The predicted octanol–water partition coefficient (Wildman–Crippen LogP) is 4.14. The molecule has 1 aliphatic carbocycles. The van der Waals surface area contributed by atoms with E-state index < -0.39 is 18.1 Å². The van der Waals surface area contributed by atoms with E-state index in [4.69, 9.17) is 5.11 Å². The monoisotopic (exact) mass is 381 g/mol. The summed E-state index contributed by atoms with van der Waals surface area (Å²) in [6.07, 6.45) is 2.14. The van der Waals surface area contributed by atoms with E-state index in [1.165, 1.54) is 23.5 Å². The van der Waals surface area contributed by atoms with Gasteiger partial charge in [0.25, 0.3) is 5.91 Å². The van der Waals surface area contributed by atoms with Crippen LogP contribution in [-0.4, -0.2) is 29.1 Å². The van der Waals surface area contributed by atoms with Crippen LogP contribution >= 0.6 is 11.3 Å². The van der Waals surface area contributed by atoms with Crippen LogP contribution in [0.1, 0.15) is 35.4 Å². The average Bonchev–Trinajstić information content (AvgIpc) is 3.02. The number of halogens is 2. The fourth-order valence-corrected chi connectivity index (χ4v) is 3.86. The van der Waals surface area contributed by atoms with Crippen molar-refractivity contribution in [2.75, 3.05) is 0 Å². The molecule has 1 fully saturated rings. The zero-order valence-electron chi connectivity index (χ0n) is 13.7. The third-order valence-corrected chi connectivity index (χ3v) is 5.51. The highest BCUT2D eigenvalue weighted by molar-refractivity contribution is 7.17. The van der Waals surface area contributed by atoms with Crippen molar-refractivity contribution >= 4 is 23.2 Å². The summed E-state index contributed by atoms with van der Waals surface area (Å²) in [5.74, 6) is -1.15. The summed E-state index contributed by atoms with van der Waals surface area (Å²) < 4.78 is 28.7. The Kier molecular flexibility index (Phi) is 5.22. The number of alkyl halides is 2. The highest BCUT2D eigenvalue weighted by Gasteiger charge is 2.40. The number of carboxylic acid groups (broad SMARTS) is 1. The number of rotatable bonds is 7. The summed E-state index contributed by atoms with van der Waals surface area (Å²) >= 11 is 1.26. The molecule has 1 aromatic heterocycles. The molecule has 1 aromatic carbocycles. The molecule has 0 bridgehead atoms. The first-order chi connectivity index (χ1) is 12.4. The number of nitrogens with one attached hydrogen (secondary N) is 1. The average molecular weight is 381 g/mol. The fraction of sp³-hybridized carbons (Fsp3) is 0.333. The number of thiophene rings is 1. The second-order valence-electron chi connectivity index (χ2n) is 6.23. The van der Waals surface area contributed by atoms with Crippen LogP contribution in [0.15, 0.2) is 36.4 Å². The third-order valence-electron chi connectivity index (χ3n) is 4.37. The first-order valence-corrected chi connectivity index (χ1v) is 8.88. The van der Waals surface area contributed by atoms with Crippen LogP contribution in [0.2, 0.25) is 0 Å². The highest BCUT2D eigenvalue weighted by atomic mass is 32.1. The minimum absolute atomic E-state index is 0.0684. The lowest BCUT2D eigenvalue weighted by Gasteiger charge is -2.41. The lowest BCUT2D eigenvalue weighted by molar-refractivity contribution is -0.139. The van der Waals surface area contributed by atoms with Gasteiger partial charge in [0.1, 0.15) is 5.75 Å². The topological polar surface area (TPSA) is 75.6 Å². The van der Waals surface area contributed by atoms with Gasteiger partial charge in [-0.3, -0.25) is 9.59 Å². The summed E-state index contributed by atoms with van der Waals surface area (Å²) in [6, 6.07) is 9.61. The van der Waals surface area contributed by atoms with Crippen molar-refractivity contribution in [1.29, 1.82) is 0 Å². The molecule has 138 valence electrons. The van der Waals surface area contributed by atoms with E-state index in [0.717, 1.165) is 16.9 Å². The van der Waals surface area contributed by atoms with Gasteiger partial charge in [-0.2, -0.15) is 8.78 Å². The first-order valence-electron chi connectivity index (χ1n) is 8.06. The van der Waals surface area contributed by atoms with E-state index in [1.807, 2.05) is 0 Å². The molecule has 0 atom stereocenters. The van der Waals surface area contributed by atoms with Gasteiger partial charge in [-0.15, -0.1) is 11.3 Å². The van der Waals surface area contributed by atoms with Gasteiger partial charge in [0, 0.05) is 4.88 Å². The number of carbonyl (C=O) groups excluding carboxylic acids is 1. The van der Waals surface area contributed by atoms with Gasteiger partial charge in [0.15, 0.2) is 0 Å². The van der Waals surface area contributed by atoms with Crippen LogP contribution in [-0.2, 0) is 4.79 Å². The number of benzene rings is 1. The molecule has 0 aliphatic heterocycles. The van der Waals surface area contributed by atoms with Crippen LogP contribution in [0, 0.1) is 0 Å². The van der Waals surface area contributed by atoms with Gasteiger partial charge < -0.3 is 15.2 Å². The van der Waals surface area contributed by atoms with Crippen LogP contribution in [0.3, 0.4) is 0 Å². The van der Waals surface area contributed by atoms with E-state index in [0.29, 0.717) is 17.7 Å². The van der Waals surface area contributed by atoms with Gasteiger partial charge in [0.2, 0.25) is 0 Å². The summed E-state index contributed by atoms with van der Waals surface area (Å²) in [5.41, 5.74) is 0.126. The number of hydrogen-bond acceptors (Lipinski definition) is 4. The van der Waals surface area contributed by atoms with Gasteiger partial charge in [0.05, 0.1) is 16.8 Å². The molecule has 0 saturated heterocycles. The molecule has 5 nitrogen and oxygen atoms in total. The zero-order valence-corrected chi connectivity index (χ0v) is 14.5. The molecule has 1 saturated carbocycles. The summed E-state index contributed by atoms with van der Waals surface area (Å²) in [5, 5.41) is 11.9. The maximum atomic E-state index is 12.5. The third kappa shape index (κ3) is 4.19. The molecule has 1 amide bonds. The first kappa shape index (κ1) is 18.3. The smallest absolute Gasteiger partial charge is 0.387 e. The molecule has 2 aromatic rings. The number of ether oxygens (including phenoxy) is 1. The Hall–Kier alpha value is -2.48. The molecule has 0 unspecified atom stereocenters. The van der Waals surface area contributed by atoms with E-state index >= 15 is 0 Å². The second kappa shape index (κ2) is 7.41. The Balaban J connectivity index is 1.69. The largest absolute Gasteiger partial charge is 0.481 e. The van der Waals surface area contributed by atoms with Gasteiger partial charge in [-0.1, -0.05) is 0 Å². The quantitative estimate of drug-likeness (QED) is 0.756. The lowest BCUT2D eigenvalue weighted by Crippen LogP contribution is -2.54. The second-order valence-corrected chi connectivity index (χ2v) is 7.31. The normalized spacial score (nSPS) is 15.3. The van der Waals surface area contributed by atoms with Gasteiger partial charge in [-0.05, 0) is 61.2 Å². The van der Waals surface area contributed by atoms with Crippen molar-refractivity contribution in [3.8, 4) is 16.2 Å². The Morgan fingerprint density at radius 3 is 2.42 bits per heavy atom. The standard InChI is InChI=1S/C18H17F2NO4S/c19-17(20)25-12-4-2-11(3-5-12)13-6-7-14(26-13)16(24)21-18(8-1-9-18)10-15(22)23/h2-7,17H,1,8-10H2,(H,21,24)(H,22,23). The maximum absolute atomic E-state index is 12.5. The summed E-state index contributed by atoms with van der Waals surface area (Å²) in [4.78, 5) is 24.7. The van der Waals surface area contributed by atoms with Gasteiger partial charge >= 0.3 is 12.6 Å². The molecule has 1 heterocycles. The van der Waals surface area contributed by atoms with Crippen molar-refractivity contribution in [3.05, 3.63) is 41.3 Å². The number of aliphatic carboxylic acids is 1. The van der Waals surface area contributed by atoms with E-state index in [1.54, 1.807) is 24.3 Å². The van der Waals surface area contributed by atoms with Gasteiger partial charge in [-0.25, -0.2) is 0 Å². The van der Waals surface area contributed by atoms with Crippen molar-refractivity contribution in [3.63, 3.8) is 0 Å². The minimum atomic E-state index is -2.87. The highest BCUT2D eigenvalue weighted by Crippen LogP contribution is 2.36. The minimum Gasteiger partial charge on any atom is -0.481 e. The molecule has 3 rings (SSSR count). The van der Waals surface area contributed by atoms with Crippen LogP contribution in [0.5, 0.6) is 5.75 Å². The van der Waals surface area contributed by atoms with Crippen molar-refractivity contribution in [2.45, 2.75) is 37.8 Å². The molecular weight excluding hydrogens is 364 g/mol. The Labute approximate surface area is 152 Å². The fourth-order valence-electron chi connectivity index (χ4n) is 2.96. The number of carbonyl (C=O) groups is 2. The Morgan fingerprint density at radius 1 is 1.19 bits per heavy atom. The molecule has 0 radical (unpaired) electrons. The van der Waals surface area contributed by atoms with Crippen molar-refractivity contribution in [2.24, 2.45) is 0 Å². The molecule has 8 heteroatoms. The Bertz CT molecular complexity index is 800. The van der Waals surface area contributed by atoms with Crippen molar-refractivity contribution < 1.29 is 28.2 Å². The SMILES string of the molecule is O=C(O)CC1(NC(=O)c2ccc(-c3ccc(OC(F)F)cc3)s2)CCC1. The number of carboxylic acids is 1. The van der Waals surface area contributed by atoms with Crippen molar-refractivity contribution in [1.82, 2.24) is 5.32 Å². The molecule has 0 spiro atoms.